The number of hydrogen-bond acceptors (Lipinski definition) is 8. The van der Waals surface area contributed by atoms with Crippen molar-refractivity contribution in [3.8, 4) is 0 Å². The van der Waals surface area contributed by atoms with E-state index in [-0.39, 0.29) is 0 Å². The number of fused-ring (bicyclic) bond motifs is 21. The molecular weight excluding hydrogens is 388 g/mol. The quantitative estimate of drug-likeness (QED) is 0.507. The van der Waals surface area contributed by atoms with Crippen molar-refractivity contribution >= 4 is 0 Å². The van der Waals surface area contributed by atoms with E-state index in [0.29, 0.717) is 0 Å². The smallest absolute Gasteiger partial charge is 0.0110 e. The van der Waals surface area contributed by atoms with Crippen LogP contribution in [-0.2, 0) is 0 Å². The Kier molecular flexibility index (Phi) is 13.5. The van der Waals surface area contributed by atoms with Gasteiger partial charge in [0, 0.05) is 118 Å². The summed E-state index contributed by atoms with van der Waals surface area (Å²) < 4.78 is 0. The van der Waals surface area contributed by atoms with E-state index < -0.39 is 0 Å². The molecule has 0 spiro atoms. The van der Waals surface area contributed by atoms with E-state index in [4.69, 9.17) is 0 Å². The summed E-state index contributed by atoms with van der Waals surface area (Å²) in [6.07, 6.45) is 0. The normalized spacial score (nSPS) is 30.9. The summed E-state index contributed by atoms with van der Waals surface area (Å²) >= 11 is 0. The molecule has 3 saturated heterocycles. The Bertz CT molecular complexity index is 423. The topological polar surface area (TPSA) is 34.7 Å². The first-order valence-electron chi connectivity index (χ1n) is 12.5. The Morgan fingerprint density at radius 3 is 0.968 bits per heavy atom. The maximum absolute atomic E-state index is 3.68. The van der Waals surface area contributed by atoms with Crippen molar-refractivity contribution in [3.63, 3.8) is 0 Å². The zero-order valence-corrected chi connectivity index (χ0v) is 21.4. The van der Waals surface area contributed by atoms with Crippen LogP contribution in [0.2, 0.25) is 0 Å². The molecule has 8 nitrogen and oxygen atoms in total. The average Bonchev–Trinajstić information content (AvgIpc) is 2.75. The van der Waals surface area contributed by atoms with E-state index in [1.807, 2.05) is 0 Å². The minimum Gasteiger partial charge on any atom is -0.314 e. The first-order valence-corrected chi connectivity index (χ1v) is 12.5. The van der Waals surface area contributed by atoms with Gasteiger partial charge in [0.25, 0.3) is 0 Å². The van der Waals surface area contributed by atoms with Gasteiger partial charge in [0.05, 0.1) is 0 Å². The van der Waals surface area contributed by atoms with Crippen LogP contribution in [0.3, 0.4) is 0 Å². The number of nitrogens with zero attached hydrogens (tertiary/aromatic N) is 7. The summed E-state index contributed by atoms with van der Waals surface area (Å²) in [5, 5.41) is 3.68. The summed E-state index contributed by atoms with van der Waals surface area (Å²) in [6.45, 7) is 20.5. The summed E-state index contributed by atoms with van der Waals surface area (Å²) in [5.41, 5.74) is 0. The van der Waals surface area contributed by atoms with Crippen LogP contribution >= 0.6 is 0 Å². The van der Waals surface area contributed by atoms with Gasteiger partial charge >= 0.3 is 0 Å². The lowest BCUT2D eigenvalue weighted by Gasteiger charge is -2.32. The molecule has 1 N–H and O–H groups in total. The Balaban J connectivity index is 2.09. The van der Waals surface area contributed by atoms with Crippen molar-refractivity contribution < 1.29 is 0 Å². The van der Waals surface area contributed by atoms with Gasteiger partial charge in [-0.05, 0) is 35.2 Å². The lowest BCUT2D eigenvalue weighted by atomic mass is 10.3. The van der Waals surface area contributed by atoms with Crippen LogP contribution in [0.5, 0.6) is 0 Å². The lowest BCUT2D eigenvalue weighted by Crippen LogP contribution is -2.46. The van der Waals surface area contributed by atoms with Crippen molar-refractivity contribution in [3.05, 3.63) is 0 Å². The Hall–Kier alpha value is -0.320. The SMILES string of the molecule is CN1CCN(C)CCN2CCN(C)CCNCCN(CC1)CCN(C)CCN(C)CC2. The van der Waals surface area contributed by atoms with Gasteiger partial charge in [-0.25, -0.2) is 0 Å². The maximum atomic E-state index is 3.68. The highest BCUT2D eigenvalue weighted by atomic mass is 15.3. The van der Waals surface area contributed by atoms with Gasteiger partial charge in [0.2, 0.25) is 0 Å². The van der Waals surface area contributed by atoms with Gasteiger partial charge in [-0.1, -0.05) is 0 Å². The lowest BCUT2D eigenvalue weighted by molar-refractivity contribution is 0.153. The number of nitrogens with one attached hydrogen (secondary N) is 1. The first kappa shape index (κ1) is 26.9. The summed E-state index contributed by atoms with van der Waals surface area (Å²) in [5.74, 6) is 0. The van der Waals surface area contributed by atoms with E-state index in [1.54, 1.807) is 0 Å². The maximum Gasteiger partial charge on any atom is 0.0110 e. The molecule has 184 valence electrons. The predicted molar refractivity (Wildman–Crippen MR) is 133 cm³/mol. The molecular formula is C23H52N8. The third-order valence-electron chi connectivity index (χ3n) is 6.99. The van der Waals surface area contributed by atoms with Gasteiger partial charge in [-0.2, -0.15) is 0 Å². The van der Waals surface area contributed by atoms with E-state index in [2.05, 4.69) is 74.9 Å². The highest BCUT2D eigenvalue weighted by Crippen LogP contribution is 1.98. The van der Waals surface area contributed by atoms with Gasteiger partial charge in [0.1, 0.15) is 0 Å². The average molecular weight is 441 g/mol. The third-order valence-corrected chi connectivity index (χ3v) is 6.99. The van der Waals surface area contributed by atoms with Crippen LogP contribution in [0.15, 0.2) is 0 Å². The van der Waals surface area contributed by atoms with Crippen LogP contribution in [-0.4, -0.2) is 187 Å². The minimum atomic E-state index is 1.08. The van der Waals surface area contributed by atoms with E-state index in [1.165, 1.54) is 0 Å². The zero-order valence-electron chi connectivity index (χ0n) is 21.4. The number of hydrogen-bond donors (Lipinski definition) is 1. The van der Waals surface area contributed by atoms with Crippen LogP contribution in [0.1, 0.15) is 0 Å². The molecule has 0 amide bonds. The molecule has 8 heteroatoms. The second-order valence-corrected chi connectivity index (χ2v) is 9.95. The van der Waals surface area contributed by atoms with Gasteiger partial charge in [-0.3, -0.25) is 9.80 Å². The molecule has 2 bridgehead atoms. The molecule has 3 fully saturated rings. The summed E-state index contributed by atoms with van der Waals surface area (Å²) in [6, 6.07) is 0. The largest absolute Gasteiger partial charge is 0.314 e. The Morgan fingerprint density at radius 2 is 0.581 bits per heavy atom. The third kappa shape index (κ3) is 12.5. The Labute approximate surface area is 193 Å². The fourth-order valence-corrected chi connectivity index (χ4v) is 4.11. The van der Waals surface area contributed by atoms with E-state index in [0.717, 1.165) is 118 Å². The molecule has 0 atom stereocenters. The van der Waals surface area contributed by atoms with Gasteiger partial charge in [-0.15, -0.1) is 0 Å². The molecule has 3 aliphatic heterocycles. The number of rotatable bonds is 0. The van der Waals surface area contributed by atoms with E-state index in [9.17, 15) is 0 Å². The molecule has 31 heavy (non-hydrogen) atoms. The van der Waals surface area contributed by atoms with Crippen LogP contribution in [0, 0.1) is 0 Å². The minimum absolute atomic E-state index is 1.08. The fraction of sp³-hybridized carbons (Fsp3) is 1.00. The molecule has 0 radical (unpaired) electrons. The second kappa shape index (κ2) is 15.5. The molecule has 0 aromatic heterocycles. The molecule has 0 aromatic rings. The standard InChI is InChI=1S/C23H52N8/c1-25-8-6-24-7-9-30-19-15-26(2)10-12-28(4)17-22-31(21-14-25)23-18-29(5)13-11-27(3)16-20-30/h24H,6-23H2,1-5H3. The summed E-state index contributed by atoms with van der Waals surface area (Å²) in [7, 11) is 11.4. The molecule has 0 saturated carbocycles. The molecule has 0 aliphatic carbocycles. The molecule has 3 heterocycles. The van der Waals surface area contributed by atoms with Crippen LogP contribution in [0.4, 0.5) is 0 Å². The van der Waals surface area contributed by atoms with Crippen molar-refractivity contribution in [1.29, 1.82) is 0 Å². The predicted octanol–water partition coefficient (Wildman–Crippen LogP) is -1.13. The highest BCUT2D eigenvalue weighted by molar-refractivity contribution is 4.71. The highest BCUT2D eigenvalue weighted by Gasteiger charge is 2.13. The van der Waals surface area contributed by atoms with Crippen molar-refractivity contribution in [2.75, 3.05) is 153 Å². The molecule has 0 unspecified atom stereocenters. The van der Waals surface area contributed by atoms with E-state index >= 15 is 0 Å². The van der Waals surface area contributed by atoms with Crippen LogP contribution < -0.4 is 5.32 Å². The molecule has 3 rings (SSSR count). The fourth-order valence-electron chi connectivity index (χ4n) is 4.11. The zero-order chi connectivity index (χ0) is 22.5. The monoisotopic (exact) mass is 440 g/mol. The second-order valence-electron chi connectivity index (χ2n) is 9.95. The van der Waals surface area contributed by atoms with Crippen molar-refractivity contribution in [2.45, 2.75) is 0 Å². The molecule has 3 aliphatic rings. The molecule has 0 aromatic carbocycles. The number of likely N-dealkylation sites (N-methyl/N-ethyl adjacent to an activating group) is 5. The van der Waals surface area contributed by atoms with Crippen LogP contribution in [0.25, 0.3) is 0 Å². The first-order chi connectivity index (χ1) is 14.9. The van der Waals surface area contributed by atoms with Gasteiger partial charge < -0.3 is 29.8 Å². The van der Waals surface area contributed by atoms with Gasteiger partial charge in [0.15, 0.2) is 0 Å². The Morgan fingerprint density at radius 1 is 0.323 bits per heavy atom. The van der Waals surface area contributed by atoms with Crippen molar-refractivity contribution in [1.82, 2.24) is 39.6 Å². The summed E-state index contributed by atoms with van der Waals surface area (Å²) in [4.78, 5) is 17.9. The van der Waals surface area contributed by atoms with Crippen molar-refractivity contribution in [2.24, 2.45) is 0 Å².